The van der Waals surface area contributed by atoms with Crippen LogP contribution in [0.15, 0.2) is 24.3 Å². The van der Waals surface area contributed by atoms with Gasteiger partial charge in [0.25, 0.3) is 0 Å². The maximum atomic E-state index is 5.87. The highest BCUT2D eigenvalue weighted by Crippen LogP contribution is 2.18. The first kappa shape index (κ1) is 11.6. The molecule has 0 amide bonds. The van der Waals surface area contributed by atoms with Crippen LogP contribution in [0.1, 0.15) is 23.3 Å². The van der Waals surface area contributed by atoms with Crippen LogP contribution in [0.25, 0.3) is 4.96 Å². The standard InChI is InChI=1S/C12H11ClN4S/c1-2-10-14-15-12-17(10)16-11(18-12)7-8-3-5-9(13)6-4-8/h3-6H,2,7H2,1H3. The van der Waals surface area contributed by atoms with Crippen LogP contribution in [0.2, 0.25) is 5.02 Å². The molecule has 1 aromatic carbocycles. The molecule has 0 fully saturated rings. The van der Waals surface area contributed by atoms with Crippen molar-refractivity contribution in [1.29, 1.82) is 0 Å². The molecule has 92 valence electrons. The molecular weight excluding hydrogens is 268 g/mol. The molecule has 0 aliphatic heterocycles. The Morgan fingerprint density at radius 1 is 1.22 bits per heavy atom. The first-order valence-electron chi connectivity index (χ1n) is 5.70. The molecule has 6 heteroatoms. The van der Waals surface area contributed by atoms with E-state index in [4.69, 9.17) is 11.6 Å². The highest BCUT2D eigenvalue weighted by molar-refractivity contribution is 7.16. The molecule has 0 saturated heterocycles. The third-order valence-electron chi connectivity index (χ3n) is 2.68. The molecule has 0 N–H and O–H groups in total. The predicted octanol–water partition coefficient (Wildman–Crippen LogP) is 2.99. The largest absolute Gasteiger partial charge is 0.234 e. The molecular formula is C12H11ClN4S. The van der Waals surface area contributed by atoms with E-state index in [1.165, 1.54) is 5.56 Å². The summed E-state index contributed by atoms with van der Waals surface area (Å²) < 4.78 is 1.83. The van der Waals surface area contributed by atoms with Crippen LogP contribution >= 0.6 is 22.9 Å². The van der Waals surface area contributed by atoms with Crippen molar-refractivity contribution < 1.29 is 0 Å². The lowest BCUT2D eigenvalue weighted by Gasteiger charge is -1.97. The number of nitrogens with zero attached hydrogens (tertiary/aromatic N) is 4. The van der Waals surface area contributed by atoms with E-state index in [9.17, 15) is 0 Å². The van der Waals surface area contributed by atoms with Crippen molar-refractivity contribution in [2.45, 2.75) is 19.8 Å². The van der Waals surface area contributed by atoms with E-state index >= 15 is 0 Å². The number of aryl methyl sites for hydroxylation is 1. The van der Waals surface area contributed by atoms with Crippen LogP contribution < -0.4 is 0 Å². The lowest BCUT2D eigenvalue weighted by Crippen LogP contribution is -1.95. The minimum atomic E-state index is 0.755. The first-order valence-corrected chi connectivity index (χ1v) is 6.90. The van der Waals surface area contributed by atoms with Gasteiger partial charge in [0.05, 0.1) is 0 Å². The molecule has 2 aromatic heterocycles. The molecule has 0 spiro atoms. The number of hydrogen-bond donors (Lipinski definition) is 0. The monoisotopic (exact) mass is 278 g/mol. The van der Waals surface area contributed by atoms with Crippen LogP contribution in [0.4, 0.5) is 0 Å². The summed E-state index contributed by atoms with van der Waals surface area (Å²) in [5.41, 5.74) is 1.20. The third-order valence-corrected chi connectivity index (χ3v) is 3.83. The van der Waals surface area contributed by atoms with E-state index < -0.39 is 0 Å². The Morgan fingerprint density at radius 2 is 2.00 bits per heavy atom. The SMILES string of the molecule is CCc1nnc2sc(Cc3ccc(Cl)cc3)nn12. The van der Waals surface area contributed by atoms with Crippen molar-refractivity contribution in [3.05, 3.63) is 45.7 Å². The fourth-order valence-electron chi connectivity index (χ4n) is 1.77. The fourth-order valence-corrected chi connectivity index (χ4v) is 2.78. The molecule has 3 aromatic rings. The van der Waals surface area contributed by atoms with Gasteiger partial charge >= 0.3 is 0 Å². The molecule has 0 aliphatic rings. The molecule has 18 heavy (non-hydrogen) atoms. The number of fused-ring (bicyclic) bond motifs is 1. The lowest BCUT2D eigenvalue weighted by atomic mass is 10.2. The van der Waals surface area contributed by atoms with Gasteiger partial charge in [0.15, 0.2) is 5.82 Å². The Hall–Kier alpha value is -1.46. The maximum absolute atomic E-state index is 5.87. The van der Waals surface area contributed by atoms with Crippen molar-refractivity contribution >= 4 is 27.9 Å². The summed E-state index contributed by atoms with van der Waals surface area (Å²) in [5, 5.41) is 14.5. The molecule has 0 bridgehead atoms. The van der Waals surface area contributed by atoms with Gasteiger partial charge in [-0.15, -0.1) is 10.2 Å². The average Bonchev–Trinajstić information content (AvgIpc) is 2.91. The summed E-state index contributed by atoms with van der Waals surface area (Å²) in [6.07, 6.45) is 1.64. The summed E-state index contributed by atoms with van der Waals surface area (Å²) in [4.78, 5) is 0.857. The van der Waals surface area contributed by atoms with Gasteiger partial charge in [0.1, 0.15) is 5.01 Å². The zero-order valence-electron chi connectivity index (χ0n) is 9.80. The van der Waals surface area contributed by atoms with Gasteiger partial charge in [-0.25, -0.2) is 0 Å². The number of aromatic nitrogens is 4. The van der Waals surface area contributed by atoms with Crippen LogP contribution in [0.3, 0.4) is 0 Å². The highest BCUT2D eigenvalue weighted by atomic mass is 35.5. The molecule has 0 aliphatic carbocycles. The number of benzene rings is 1. The average molecular weight is 279 g/mol. The highest BCUT2D eigenvalue weighted by Gasteiger charge is 2.10. The van der Waals surface area contributed by atoms with Crippen molar-refractivity contribution in [3.8, 4) is 0 Å². The second-order valence-corrected chi connectivity index (χ2v) is 5.44. The van der Waals surface area contributed by atoms with Gasteiger partial charge < -0.3 is 0 Å². The normalized spacial score (nSPS) is 11.2. The summed E-state index contributed by atoms with van der Waals surface area (Å²) in [6, 6.07) is 7.83. The maximum Gasteiger partial charge on any atom is 0.234 e. The number of hydrogen-bond acceptors (Lipinski definition) is 4. The smallest absolute Gasteiger partial charge is 0.187 e. The second kappa shape index (κ2) is 4.66. The minimum Gasteiger partial charge on any atom is -0.187 e. The zero-order chi connectivity index (χ0) is 12.5. The summed E-state index contributed by atoms with van der Waals surface area (Å²) >= 11 is 7.44. The minimum absolute atomic E-state index is 0.755. The van der Waals surface area contributed by atoms with Gasteiger partial charge in [-0.1, -0.05) is 42.0 Å². The van der Waals surface area contributed by atoms with Crippen LogP contribution in [-0.2, 0) is 12.8 Å². The van der Waals surface area contributed by atoms with Crippen LogP contribution in [0, 0.1) is 0 Å². The molecule has 2 heterocycles. The van der Waals surface area contributed by atoms with Gasteiger partial charge in [-0.05, 0) is 17.7 Å². The Bertz CT molecular complexity index is 671. The first-order chi connectivity index (χ1) is 8.76. The Balaban J connectivity index is 1.90. The van der Waals surface area contributed by atoms with E-state index in [0.717, 1.165) is 33.7 Å². The van der Waals surface area contributed by atoms with Gasteiger partial charge in [0, 0.05) is 17.9 Å². The Labute approximate surface area is 113 Å². The fraction of sp³-hybridized carbons (Fsp3) is 0.250. The quantitative estimate of drug-likeness (QED) is 0.740. The molecule has 0 unspecified atom stereocenters. The van der Waals surface area contributed by atoms with Crippen molar-refractivity contribution in [2.24, 2.45) is 0 Å². The van der Waals surface area contributed by atoms with Crippen molar-refractivity contribution in [2.75, 3.05) is 0 Å². The van der Waals surface area contributed by atoms with E-state index in [-0.39, 0.29) is 0 Å². The van der Waals surface area contributed by atoms with E-state index in [1.54, 1.807) is 11.3 Å². The molecule has 0 atom stereocenters. The summed E-state index contributed by atoms with van der Waals surface area (Å²) in [6.45, 7) is 2.05. The molecule has 3 rings (SSSR count). The Morgan fingerprint density at radius 3 is 2.72 bits per heavy atom. The molecule has 4 nitrogen and oxygen atoms in total. The predicted molar refractivity (Wildman–Crippen MR) is 72.3 cm³/mol. The molecule has 0 saturated carbocycles. The number of rotatable bonds is 3. The van der Waals surface area contributed by atoms with Crippen molar-refractivity contribution in [1.82, 2.24) is 19.8 Å². The van der Waals surface area contributed by atoms with Gasteiger partial charge in [-0.3, -0.25) is 0 Å². The second-order valence-electron chi connectivity index (χ2n) is 3.96. The van der Waals surface area contributed by atoms with Crippen LogP contribution in [-0.4, -0.2) is 19.8 Å². The summed E-state index contributed by atoms with van der Waals surface area (Å²) in [5.74, 6) is 0.906. The van der Waals surface area contributed by atoms with E-state index in [2.05, 4.69) is 22.2 Å². The lowest BCUT2D eigenvalue weighted by molar-refractivity contribution is 0.817. The van der Waals surface area contributed by atoms with Crippen LogP contribution in [0.5, 0.6) is 0 Å². The van der Waals surface area contributed by atoms with Crippen molar-refractivity contribution in [3.63, 3.8) is 0 Å². The van der Waals surface area contributed by atoms with Gasteiger partial charge in [-0.2, -0.15) is 9.61 Å². The molecule has 0 radical (unpaired) electrons. The van der Waals surface area contributed by atoms with Gasteiger partial charge in [0.2, 0.25) is 4.96 Å². The summed E-state index contributed by atoms with van der Waals surface area (Å²) in [7, 11) is 0. The third kappa shape index (κ3) is 2.11. The zero-order valence-corrected chi connectivity index (χ0v) is 11.4. The van der Waals surface area contributed by atoms with E-state index in [0.29, 0.717) is 0 Å². The number of halogens is 1. The Kier molecular flexibility index (Phi) is 3.01. The topological polar surface area (TPSA) is 43.1 Å². The van der Waals surface area contributed by atoms with E-state index in [1.807, 2.05) is 28.8 Å².